The van der Waals surface area contributed by atoms with Crippen molar-refractivity contribution >= 4 is 78.8 Å². The molecule has 2 aromatic carbocycles. The number of carbonyl (C=O) groups excluding carboxylic acids is 6. The summed E-state index contributed by atoms with van der Waals surface area (Å²) in [6, 6.07) is 13.4. The first-order valence-electron chi connectivity index (χ1n) is 15.7. The summed E-state index contributed by atoms with van der Waals surface area (Å²) >= 11 is 0. The van der Waals surface area contributed by atoms with Crippen LogP contribution in [0, 0.1) is 0 Å². The maximum absolute atomic E-state index is 12.8. The molecule has 0 fully saturated rings. The Kier molecular flexibility index (Phi) is 13.5. The van der Waals surface area contributed by atoms with Gasteiger partial charge >= 0.3 is 0 Å². The largest absolute Gasteiger partial charge is 0.368 e. The van der Waals surface area contributed by atoms with E-state index in [9.17, 15) is 28.8 Å². The number of rotatable bonds is 17. The number of fused-ring (bicyclic) bond motifs is 2. The van der Waals surface area contributed by atoms with E-state index in [1.165, 1.54) is 47.8 Å². The quantitative estimate of drug-likeness (QED) is 0.0691. The van der Waals surface area contributed by atoms with Crippen LogP contribution in [-0.4, -0.2) is 70.6 Å². The van der Waals surface area contributed by atoms with Crippen molar-refractivity contribution in [3.8, 4) is 0 Å². The Balaban J connectivity index is 1.34. The number of carbonyl (C=O) groups is 6. The smallest absolute Gasteiger partial charge is 0.252 e. The third-order valence-corrected chi connectivity index (χ3v) is 9.87. The fourth-order valence-electron chi connectivity index (χ4n) is 5.02. The molecule has 2 heterocycles. The Bertz CT molecular complexity index is 1790. The van der Waals surface area contributed by atoms with E-state index in [4.69, 9.17) is 11.5 Å². The van der Waals surface area contributed by atoms with Gasteiger partial charge in [0.05, 0.1) is 22.2 Å². The highest BCUT2D eigenvalue weighted by atomic mass is 33.1. The summed E-state index contributed by atoms with van der Waals surface area (Å²) in [4.78, 5) is 82.1. The van der Waals surface area contributed by atoms with Gasteiger partial charge in [-0.05, 0) is 49.9 Å². The van der Waals surface area contributed by atoms with Gasteiger partial charge in [-0.3, -0.25) is 38.7 Å². The highest BCUT2D eigenvalue weighted by Gasteiger charge is 2.18. The monoisotopic (exact) mass is 718 g/mol. The second kappa shape index (κ2) is 18.0. The molecule has 0 aliphatic rings. The van der Waals surface area contributed by atoms with Gasteiger partial charge in [-0.25, -0.2) is 0 Å². The van der Waals surface area contributed by atoms with Crippen LogP contribution >= 0.6 is 21.6 Å². The minimum Gasteiger partial charge on any atom is -0.368 e. The van der Waals surface area contributed by atoms with Crippen LogP contribution in [0.3, 0.4) is 0 Å². The number of para-hydroxylation sites is 2. The van der Waals surface area contributed by atoms with Gasteiger partial charge in [0.15, 0.2) is 0 Å². The van der Waals surface area contributed by atoms with E-state index in [-0.39, 0.29) is 36.7 Å². The lowest BCUT2D eigenvalue weighted by Gasteiger charge is -2.14. The molecule has 0 aliphatic heterocycles. The van der Waals surface area contributed by atoms with E-state index < -0.39 is 23.9 Å². The topological polar surface area (TPSA) is 228 Å². The number of hydrogen-bond donors (Lipinski definition) is 6. The standard InChI is InChI=1S/C34H38N8O6S2/c1-19(43)41-25(31(35)45)9-5-13-37-33(47)23-15-21-7-3-11-27(29(21)39-17-23)49-50-28-12-4-8-22-16-24(18-40-30(22)28)34(48)38-14-6-10-26(32(36)46)42-20(2)44/h3-4,7-8,11-12,15-18,25-26H,5-6,9-10,13-14H2,1-2H3,(H2,35,45)(H2,36,46)(H,37,47)(H,38,48)(H,41,43)(H,42,44)/t25-,26+. The number of amides is 6. The van der Waals surface area contributed by atoms with E-state index in [1.807, 2.05) is 36.4 Å². The Morgan fingerprint density at radius 1 is 0.660 bits per heavy atom. The number of nitrogens with zero attached hydrogens (tertiary/aromatic N) is 2. The van der Waals surface area contributed by atoms with E-state index in [1.54, 1.807) is 12.1 Å². The number of pyridine rings is 2. The van der Waals surface area contributed by atoms with Gasteiger partial charge < -0.3 is 32.7 Å². The van der Waals surface area contributed by atoms with Gasteiger partial charge in [-0.15, -0.1) is 0 Å². The summed E-state index contributed by atoms with van der Waals surface area (Å²) < 4.78 is 0. The molecule has 0 saturated carbocycles. The second-order valence-corrected chi connectivity index (χ2v) is 13.6. The summed E-state index contributed by atoms with van der Waals surface area (Å²) in [6.45, 7) is 3.20. The van der Waals surface area contributed by atoms with Crippen LogP contribution in [0.4, 0.5) is 0 Å². The zero-order valence-corrected chi connectivity index (χ0v) is 29.1. The highest BCUT2D eigenvalue weighted by molar-refractivity contribution is 8.76. The first kappa shape index (κ1) is 37.6. The first-order chi connectivity index (χ1) is 23.9. The number of hydrogen-bond acceptors (Lipinski definition) is 10. The Labute approximate surface area is 296 Å². The Hall–Kier alpha value is -5.22. The van der Waals surface area contributed by atoms with Crippen LogP contribution in [0.2, 0.25) is 0 Å². The van der Waals surface area contributed by atoms with Crippen LogP contribution in [0.1, 0.15) is 60.2 Å². The summed E-state index contributed by atoms with van der Waals surface area (Å²) in [5.41, 5.74) is 12.9. The molecule has 0 aliphatic carbocycles. The number of aromatic nitrogens is 2. The van der Waals surface area contributed by atoms with Gasteiger partial charge in [0.2, 0.25) is 23.6 Å². The number of primary amides is 2. The normalized spacial score (nSPS) is 12.1. The maximum atomic E-state index is 12.8. The summed E-state index contributed by atoms with van der Waals surface area (Å²) in [6.07, 6.45) is 4.52. The van der Waals surface area contributed by atoms with Gasteiger partial charge in [0, 0.05) is 59.9 Å². The van der Waals surface area contributed by atoms with E-state index >= 15 is 0 Å². The molecule has 2 aromatic heterocycles. The minimum absolute atomic E-state index is 0.290. The molecule has 4 rings (SSSR count). The highest BCUT2D eigenvalue weighted by Crippen LogP contribution is 2.42. The van der Waals surface area contributed by atoms with Crippen molar-refractivity contribution in [3.63, 3.8) is 0 Å². The molecule has 16 heteroatoms. The lowest BCUT2D eigenvalue weighted by Crippen LogP contribution is -2.43. The zero-order chi connectivity index (χ0) is 36.2. The molecule has 4 aromatic rings. The van der Waals surface area contributed by atoms with Gasteiger partial charge in [0.1, 0.15) is 12.1 Å². The van der Waals surface area contributed by atoms with Crippen molar-refractivity contribution in [3.05, 3.63) is 72.1 Å². The third kappa shape index (κ3) is 10.6. The molecule has 0 unspecified atom stereocenters. The molecule has 0 spiro atoms. The van der Waals surface area contributed by atoms with Gasteiger partial charge in [-0.1, -0.05) is 45.9 Å². The molecular weight excluding hydrogens is 681 g/mol. The van der Waals surface area contributed by atoms with E-state index in [0.29, 0.717) is 36.8 Å². The van der Waals surface area contributed by atoms with Crippen molar-refractivity contribution in [2.24, 2.45) is 11.5 Å². The molecule has 262 valence electrons. The lowest BCUT2D eigenvalue weighted by atomic mass is 10.1. The maximum Gasteiger partial charge on any atom is 0.252 e. The third-order valence-electron chi connectivity index (χ3n) is 7.45. The van der Waals surface area contributed by atoms with Crippen LogP contribution in [-0.2, 0) is 19.2 Å². The zero-order valence-electron chi connectivity index (χ0n) is 27.5. The van der Waals surface area contributed by atoms with Crippen molar-refractivity contribution < 1.29 is 28.8 Å². The summed E-state index contributed by atoms with van der Waals surface area (Å²) in [5, 5.41) is 12.2. The van der Waals surface area contributed by atoms with Crippen molar-refractivity contribution in [2.75, 3.05) is 13.1 Å². The van der Waals surface area contributed by atoms with Gasteiger partial charge in [-0.2, -0.15) is 0 Å². The second-order valence-electron chi connectivity index (χ2n) is 11.4. The predicted molar refractivity (Wildman–Crippen MR) is 192 cm³/mol. The van der Waals surface area contributed by atoms with E-state index in [2.05, 4.69) is 31.2 Å². The van der Waals surface area contributed by atoms with Gasteiger partial charge in [0.25, 0.3) is 11.8 Å². The minimum atomic E-state index is -0.792. The van der Waals surface area contributed by atoms with Crippen LogP contribution in [0.25, 0.3) is 21.8 Å². The molecule has 50 heavy (non-hydrogen) atoms. The molecule has 0 radical (unpaired) electrons. The fraction of sp³-hybridized carbons (Fsp3) is 0.294. The van der Waals surface area contributed by atoms with Crippen molar-refractivity contribution in [1.29, 1.82) is 0 Å². The molecule has 8 N–H and O–H groups in total. The molecule has 0 bridgehead atoms. The average molecular weight is 719 g/mol. The SMILES string of the molecule is CC(=O)N[C@@H](CCCNC(=O)c1cnc2c(SSc3cccc4cc(C(=O)NCCC[C@@H](NC(C)=O)C(N)=O)cnc34)cccc2c1)C(N)=O. The summed E-state index contributed by atoms with van der Waals surface area (Å²) in [5.74, 6) is -2.58. The van der Waals surface area contributed by atoms with E-state index in [0.717, 1.165) is 31.6 Å². The number of nitrogens with one attached hydrogen (secondary N) is 4. The molecule has 14 nitrogen and oxygen atoms in total. The summed E-state index contributed by atoms with van der Waals surface area (Å²) in [7, 11) is 2.99. The number of benzene rings is 2. The predicted octanol–water partition coefficient (Wildman–Crippen LogP) is 2.58. The van der Waals surface area contributed by atoms with Crippen LogP contribution < -0.4 is 32.7 Å². The average Bonchev–Trinajstić information content (AvgIpc) is 3.08. The molecule has 2 atom stereocenters. The molecular formula is C34H38N8O6S2. The molecule has 6 amide bonds. The Morgan fingerprint density at radius 2 is 1.06 bits per heavy atom. The van der Waals surface area contributed by atoms with Crippen LogP contribution in [0.15, 0.2) is 70.7 Å². The Morgan fingerprint density at radius 3 is 1.42 bits per heavy atom. The molecule has 0 saturated heterocycles. The van der Waals surface area contributed by atoms with Crippen LogP contribution in [0.5, 0.6) is 0 Å². The van der Waals surface area contributed by atoms with Crippen molar-refractivity contribution in [1.82, 2.24) is 31.2 Å². The number of nitrogens with two attached hydrogens (primary N) is 2. The fourth-order valence-corrected chi connectivity index (χ4v) is 7.31. The lowest BCUT2D eigenvalue weighted by molar-refractivity contribution is -0.126. The van der Waals surface area contributed by atoms with Crippen molar-refractivity contribution in [2.45, 2.75) is 61.4 Å². The first-order valence-corrected chi connectivity index (χ1v) is 17.9.